The molecule has 10 nitrogen and oxygen atoms in total. The molecule has 0 saturated carbocycles. The number of ether oxygens (including phenoxy) is 2. The average molecular weight is 460 g/mol. The molecule has 10 heteroatoms. The number of unbranched alkanes of at least 4 members (excludes halogenated alkanes) is 3. The third-order valence-corrected chi connectivity index (χ3v) is 3.98. The zero-order chi connectivity index (χ0) is 24.8. The number of hydrogen-bond acceptors (Lipinski definition) is 6. The standard InChI is InChI=1S/C22H41N3O7/c1-21(2,3)31-19(29)24-15-10-7-8-13-17(26)23-14-11-9-12-16(18(27)28)25-20(30)32-22(4,5)6/h16H,7-15H2,1-6H3,(H,23,26)(H,24,29)(H,25,30)(H,27,28)/t16-/m0/s1. The fourth-order valence-electron chi connectivity index (χ4n) is 2.59. The van der Waals surface area contributed by atoms with E-state index in [1.165, 1.54) is 0 Å². The molecular weight excluding hydrogens is 418 g/mol. The maximum atomic E-state index is 11.9. The minimum absolute atomic E-state index is 0.0632. The highest BCUT2D eigenvalue weighted by atomic mass is 16.6. The number of nitrogens with one attached hydrogen (secondary N) is 3. The van der Waals surface area contributed by atoms with E-state index >= 15 is 0 Å². The summed E-state index contributed by atoms with van der Waals surface area (Å²) in [4.78, 5) is 46.4. The number of carbonyl (C=O) groups excluding carboxylic acids is 3. The Balaban J connectivity index is 3.84. The number of carboxylic acids is 1. The molecule has 0 bridgehead atoms. The van der Waals surface area contributed by atoms with Crippen LogP contribution in [0.3, 0.4) is 0 Å². The highest BCUT2D eigenvalue weighted by molar-refractivity contribution is 5.80. The number of alkyl carbamates (subject to hydrolysis) is 2. The third kappa shape index (κ3) is 18.3. The van der Waals surface area contributed by atoms with Gasteiger partial charge in [-0.3, -0.25) is 4.79 Å². The molecule has 0 unspecified atom stereocenters. The summed E-state index contributed by atoms with van der Waals surface area (Å²) in [6.07, 6.45) is 2.84. The SMILES string of the molecule is CC(C)(C)OC(=O)NCCCCCC(=O)NCCCC[C@H](NC(=O)OC(C)(C)C)C(=O)O. The van der Waals surface area contributed by atoms with Crippen molar-refractivity contribution in [2.75, 3.05) is 13.1 Å². The molecule has 4 N–H and O–H groups in total. The summed E-state index contributed by atoms with van der Waals surface area (Å²) in [7, 11) is 0. The molecule has 186 valence electrons. The van der Waals surface area contributed by atoms with Gasteiger partial charge in [0.15, 0.2) is 0 Å². The van der Waals surface area contributed by atoms with Crippen LogP contribution in [0.1, 0.15) is 86.5 Å². The van der Waals surface area contributed by atoms with Crippen LogP contribution >= 0.6 is 0 Å². The molecule has 3 amide bonds. The topological polar surface area (TPSA) is 143 Å². The lowest BCUT2D eigenvalue weighted by Crippen LogP contribution is -2.43. The molecule has 0 rings (SSSR count). The largest absolute Gasteiger partial charge is 0.480 e. The van der Waals surface area contributed by atoms with Crippen LogP contribution < -0.4 is 16.0 Å². The van der Waals surface area contributed by atoms with Crippen molar-refractivity contribution in [1.29, 1.82) is 0 Å². The zero-order valence-electron chi connectivity index (χ0n) is 20.3. The van der Waals surface area contributed by atoms with E-state index in [1.54, 1.807) is 41.5 Å². The predicted molar refractivity (Wildman–Crippen MR) is 120 cm³/mol. The highest BCUT2D eigenvalue weighted by Gasteiger charge is 2.23. The van der Waals surface area contributed by atoms with E-state index in [4.69, 9.17) is 9.47 Å². The summed E-state index contributed by atoms with van der Waals surface area (Å²) in [6, 6.07) is -1.03. The van der Waals surface area contributed by atoms with E-state index in [9.17, 15) is 24.3 Å². The Morgan fingerprint density at radius 2 is 1.28 bits per heavy atom. The highest BCUT2D eigenvalue weighted by Crippen LogP contribution is 2.09. The maximum absolute atomic E-state index is 11.9. The van der Waals surface area contributed by atoms with Gasteiger partial charge in [0.1, 0.15) is 17.2 Å². The van der Waals surface area contributed by atoms with Gasteiger partial charge in [-0.05, 0) is 73.6 Å². The van der Waals surface area contributed by atoms with Crippen molar-refractivity contribution in [3.05, 3.63) is 0 Å². The lowest BCUT2D eigenvalue weighted by Gasteiger charge is -2.22. The smallest absolute Gasteiger partial charge is 0.408 e. The zero-order valence-corrected chi connectivity index (χ0v) is 20.3. The average Bonchev–Trinajstić information content (AvgIpc) is 2.60. The molecule has 0 spiro atoms. The molecular formula is C22H41N3O7. The van der Waals surface area contributed by atoms with Crippen molar-refractivity contribution in [1.82, 2.24) is 16.0 Å². The van der Waals surface area contributed by atoms with Crippen LogP contribution in [-0.2, 0) is 19.1 Å². The van der Waals surface area contributed by atoms with E-state index < -0.39 is 35.4 Å². The number of carboxylic acid groups (broad SMARTS) is 1. The Labute approximate surface area is 191 Å². The van der Waals surface area contributed by atoms with Gasteiger partial charge < -0.3 is 30.5 Å². The maximum Gasteiger partial charge on any atom is 0.408 e. The van der Waals surface area contributed by atoms with Crippen molar-refractivity contribution in [2.24, 2.45) is 0 Å². The minimum Gasteiger partial charge on any atom is -0.480 e. The summed E-state index contributed by atoms with van der Waals surface area (Å²) in [6.45, 7) is 11.4. The van der Waals surface area contributed by atoms with Gasteiger partial charge in [0.2, 0.25) is 5.91 Å². The van der Waals surface area contributed by atoms with Gasteiger partial charge in [0, 0.05) is 19.5 Å². The molecule has 0 radical (unpaired) electrons. The number of hydrogen-bond donors (Lipinski definition) is 4. The molecule has 0 aromatic heterocycles. The Hall–Kier alpha value is -2.52. The Bertz CT molecular complexity index is 610. The molecule has 32 heavy (non-hydrogen) atoms. The van der Waals surface area contributed by atoms with Gasteiger partial charge in [-0.1, -0.05) is 6.42 Å². The second-order valence-electron chi connectivity index (χ2n) is 9.62. The second kappa shape index (κ2) is 14.5. The minimum atomic E-state index is -1.12. The van der Waals surface area contributed by atoms with Crippen molar-refractivity contribution < 1.29 is 33.8 Å². The first-order valence-electron chi connectivity index (χ1n) is 11.2. The van der Waals surface area contributed by atoms with Crippen LogP contribution in [0.2, 0.25) is 0 Å². The van der Waals surface area contributed by atoms with Gasteiger partial charge in [-0.2, -0.15) is 0 Å². The summed E-state index contributed by atoms with van der Waals surface area (Å²) in [5, 5.41) is 17.1. The summed E-state index contributed by atoms with van der Waals surface area (Å²) < 4.78 is 10.2. The van der Waals surface area contributed by atoms with Crippen LogP contribution in [0.15, 0.2) is 0 Å². The van der Waals surface area contributed by atoms with Gasteiger partial charge in [-0.15, -0.1) is 0 Å². The number of amides is 3. The molecule has 0 aliphatic rings. The van der Waals surface area contributed by atoms with Crippen LogP contribution in [0.25, 0.3) is 0 Å². The van der Waals surface area contributed by atoms with Gasteiger partial charge in [0.25, 0.3) is 0 Å². The van der Waals surface area contributed by atoms with Gasteiger partial charge in [-0.25, -0.2) is 14.4 Å². The van der Waals surface area contributed by atoms with Crippen molar-refractivity contribution in [2.45, 2.75) is 104 Å². The second-order valence-corrected chi connectivity index (χ2v) is 9.62. The predicted octanol–water partition coefficient (Wildman–Crippen LogP) is 3.34. The van der Waals surface area contributed by atoms with E-state index in [2.05, 4.69) is 16.0 Å². The normalized spacial score (nSPS) is 12.4. The first kappa shape index (κ1) is 29.5. The molecule has 0 aromatic carbocycles. The molecule has 0 saturated heterocycles. The summed E-state index contributed by atoms with van der Waals surface area (Å²) >= 11 is 0. The first-order valence-corrected chi connectivity index (χ1v) is 11.2. The number of carbonyl (C=O) groups is 4. The van der Waals surface area contributed by atoms with Crippen LogP contribution in [0.5, 0.6) is 0 Å². The molecule has 1 atom stereocenters. The van der Waals surface area contributed by atoms with E-state index in [0.29, 0.717) is 38.8 Å². The summed E-state index contributed by atoms with van der Waals surface area (Å²) in [5.74, 6) is -1.19. The quantitative estimate of drug-likeness (QED) is 0.309. The Kier molecular flexibility index (Phi) is 13.4. The fraction of sp³-hybridized carbons (Fsp3) is 0.818. The molecule has 0 fully saturated rings. The summed E-state index contributed by atoms with van der Waals surface area (Å²) in [5.41, 5.74) is -1.22. The number of rotatable bonds is 13. The van der Waals surface area contributed by atoms with Crippen molar-refractivity contribution in [3.8, 4) is 0 Å². The van der Waals surface area contributed by atoms with E-state index in [1.807, 2.05) is 0 Å². The molecule has 0 aromatic rings. The van der Waals surface area contributed by atoms with E-state index in [-0.39, 0.29) is 12.3 Å². The monoisotopic (exact) mass is 459 g/mol. The lowest BCUT2D eigenvalue weighted by molar-refractivity contribution is -0.139. The fourth-order valence-corrected chi connectivity index (χ4v) is 2.59. The molecule has 0 aliphatic heterocycles. The molecule has 0 heterocycles. The van der Waals surface area contributed by atoms with Crippen molar-refractivity contribution in [3.63, 3.8) is 0 Å². The number of aliphatic carboxylic acids is 1. The lowest BCUT2D eigenvalue weighted by atomic mass is 10.1. The molecule has 0 aliphatic carbocycles. The Morgan fingerprint density at radius 3 is 1.84 bits per heavy atom. The van der Waals surface area contributed by atoms with Gasteiger partial charge >= 0.3 is 18.2 Å². The van der Waals surface area contributed by atoms with Crippen molar-refractivity contribution >= 4 is 24.1 Å². The first-order chi connectivity index (χ1) is 14.7. The van der Waals surface area contributed by atoms with Gasteiger partial charge in [0.05, 0.1) is 0 Å². The van der Waals surface area contributed by atoms with E-state index in [0.717, 1.165) is 12.8 Å². The Morgan fingerprint density at radius 1 is 0.750 bits per heavy atom. The van der Waals surface area contributed by atoms with Crippen LogP contribution in [-0.4, -0.2) is 59.5 Å². The third-order valence-electron chi connectivity index (χ3n) is 3.98. The van der Waals surface area contributed by atoms with Crippen LogP contribution in [0, 0.1) is 0 Å². The van der Waals surface area contributed by atoms with Crippen LogP contribution in [0.4, 0.5) is 9.59 Å².